The van der Waals surface area contributed by atoms with E-state index in [0.29, 0.717) is 16.6 Å². The number of thiazole rings is 1. The van der Waals surface area contributed by atoms with Crippen molar-refractivity contribution in [2.24, 2.45) is 0 Å². The van der Waals surface area contributed by atoms with Crippen LogP contribution in [0.25, 0.3) is 10.2 Å². The molecule has 0 saturated heterocycles. The fourth-order valence-corrected chi connectivity index (χ4v) is 3.81. The van der Waals surface area contributed by atoms with E-state index >= 15 is 0 Å². The zero-order chi connectivity index (χ0) is 21.8. The summed E-state index contributed by atoms with van der Waals surface area (Å²) in [5.74, 6) is 0.537. The number of amides is 1. The summed E-state index contributed by atoms with van der Waals surface area (Å²) in [4.78, 5) is 32.3. The van der Waals surface area contributed by atoms with Crippen molar-refractivity contribution in [2.75, 3.05) is 26.2 Å². The summed E-state index contributed by atoms with van der Waals surface area (Å²) >= 11 is 1.39. The Morgan fingerprint density at radius 3 is 2.58 bits per heavy atom. The zero-order valence-corrected chi connectivity index (χ0v) is 17.9. The van der Waals surface area contributed by atoms with E-state index < -0.39 is 0 Å². The molecule has 10 heteroatoms. The van der Waals surface area contributed by atoms with Crippen molar-refractivity contribution in [2.45, 2.75) is 6.54 Å². The van der Waals surface area contributed by atoms with E-state index in [1.807, 2.05) is 36.4 Å². The van der Waals surface area contributed by atoms with Gasteiger partial charge in [0.1, 0.15) is 11.4 Å². The van der Waals surface area contributed by atoms with Crippen LogP contribution in [0.15, 0.2) is 48.7 Å². The number of carbonyl (C=O) groups excluding carboxylic acids is 1. The lowest BCUT2D eigenvalue weighted by atomic mass is 10.3. The van der Waals surface area contributed by atoms with Gasteiger partial charge in [-0.1, -0.05) is 17.4 Å². The molecule has 0 N–H and O–H groups in total. The molecule has 3 aromatic heterocycles. The van der Waals surface area contributed by atoms with Crippen LogP contribution in [0, 0.1) is 0 Å². The number of ether oxygens (including phenoxy) is 3. The van der Waals surface area contributed by atoms with Crippen LogP contribution in [-0.2, 0) is 6.54 Å². The van der Waals surface area contributed by atoms with Crippen molar-refractivity contribution < 1.29 is 19.0 Å². The van der Waals surface area contributed by atoms with E-state index in [4.69, 9.17) is 14.2 Å². The number of methoxy groups -OCH3 is 3. The van der Waals surface area contributed by atoms with Crippen LogP contribution in [-0.4, -0.2) is 47.2 Å². The molecule has 0 aliphatic heterocycles. The third kappa shape index (κ3) is 4.38. The molecular formula is C21H19N5O4S. The molecule has 158 valence electrons. The largest absolute Gasteiger partial charge is 0.497 e. The smallest absolute Gasteiger partial charge is 0.320 e. The van der Waals surface area contributed by atoms with Crippen LogP contribution in [0.3, 0.4) is 0 Å². The van der Waals surface area contributed by atoms with Crippen LogP contribution < -0.4 is 19.1 Å². The summed E-state index contributed by atoms with van der Waals surface area (Å²) in [5.41, 5.74) is 1.56. The highest BCUT2D eigenvalue weighted by Crippen LogP contribution is 2.32. The number of pyridine rings is 1. The molecule has 0 bridgehead atoms. The third-order valence-corrected chi connectivity index (χ3v) is 5.46. The Balaban J connectivity index is 1.78. The highest BCUT2D eigenvalue weighted by molar-refractivity contribution is 7.22. The van der Waals surface area contributed by atoms with E-state index in [2.05, 4.69) is 19.9 Å². The number of anilines is 1. The van der Waals surface area contributed by atoms with E-state index in [-0.39, 0.29) is 30.0 Å². The second-order valence-electron chi connectivity index (χ2n) is 6.32. The molecule has 4 aromatic rings. The van der Waals surface area contributed by atoms with Gasteiger partial charge in [-0.3, -0.25) is 14.7 Å². The molecule has 0 radical (unpaired) electrons. The number of hydrogen-bond donors (Lipinski definition) is 0. The number of carbonyl (C=O) groups is 1. The molecule has 1 aromatic carbocycles. The van der Waals surface area contributed by atoms with Crippen molar-refractivity contribution >= 4 is 32.6 Å². The molecule has 0 aliphatic rings. The first-order valence-corrected chi connectivity index (χ1v) is 10.1. The van der Waals surface area contributed by atoms with Crippen LogP contribution in [0.5, 0.6) is 17.6 Å². The second-order valence-corrected chi connectivity index (χ2v) is 7.33. The summed E-state index contributed by atoms with van der Waals surface area (Å²) in [5, 5.41) is 0.510. The van der Waals surface area contributed by atoms with Crippen molar-refractivity contribution in [3.05, 3.63) is 60.0 Å². The minimum atomic E-state index is -0.379. The fourth-order valence-electron chi connectivity index (χ4n) is 2.86. The molecule has 0 fully saturated rings. The molecule has 0 atom stereocenters. The van der Waals surface area contributed by atoms with Crippen LogP contribution >= 0.6 is 11.3 Å². The topological polar surface area (TPSA) is 99.6 Å². The van der Waals surface area contributed by atoms with Gasteiger partial charge in [0.25, 0.3) is 5.91 Å². The lowest BCUT2D eigenvalue weighted by Gasteiger charge is -2.19. The average molecular weight is 437 g/mol. The van der Waals surface area contributed by atoms with Gasteiger partial charge in [-0.25, -0.2) is 4.98 Å². The van der Waals surface area contributed by atoms with Crippen LogP contribution in [0.2, 0.25) is 0 Å². The molecule has 9 nitrogen and oxygen atoms in total. The van der Waals surface area contributed by atoms with E-state index in [1.54, 1.807) is 13.3 Å². The minimum Gasteiger partial charge on any atom is -0.497 e. The maximum Gasteiger partial charge on any atom is 0.320 e. The second kappa shape index (κ2) is 8.92. The monoisotopic (exact) mass is 437 g/mol. The Labute approximate surface area is 182 Å². The van der Waals surface area contributed by atoms with Crippen LogP contribution in [0.4, 0.5) is 5.13 Å². The average Bonchev–Trinajstić information content (AvgIpc) is 3.25. The van der Waals surface area contributed by atoms with Crippen molar-refractivity contribution in [1.29, 1.82) is 0 Å². The first-order chi connectivity index (χ1) is 15.1. The Bertz CT molecular complexity index is 1190. The zero-order valence-electron chi connectivity index (χ0n) is 17.1. The van der Waals surface area contributed by atoms with E-state index in [9.17, 15) is 4.79 Å². The van der Waals surface area contributed by atoms with Crippen molar-refractivity contribution in [1.82, 2.24) is 19.9 Å². The van der Waals surface area contributed by atoms with Crippen LogP contribution in [0.1, 0.15) is 16.2 Å². The van der Waals surface area contributed by atoms with Gasteiger partial charge in [0, 0.05) is 18.3 Å². The predicted octanol–water partition coefficient (Wildman–Crippen LogP) is 3.35. The lowest BCUT2D eigenvalue weighted by molar-refractivity contribution is 0.0978. The number of fused-ring (bicyclic) bond motifs is 1. The first kappa shape index (κ1) is 20.5. The van der Waals surface area contributed by atoms with Gasteiger partial charge in [0.15, 0.2) is 5.13 Å². The molecule has 0 unspecified atom stereocenters. The summed E-state index contributed by atoms with van der Waals surface area (Å²) in [6.45, 7) is 0.214. The van der Waals surface area contributed by atoms with Gasteiger partial charge >= 0.3 is 6.01 Å². The van der Waals surface area contributed by atoms with E-state index in [1.165, 1.54) is 36.5 Å². The van der Waals surface area contributed by atoms with Gasteiger partial charge < -0.3 is 14.2 Å². The summed E-state index contributed by atoms with van der Waals surface area (Å²) in [6, 6.07) is 12.6. The number of nitrogens with zero attached hydrogens (tertiary/aromatic N) is 5. The number of rotatable bonds is 7. The van der Waals surface area contributed by atoms with Gasteiger partial charge in [0.2, 0.25) is 5.88 Å². The van der Waals surface area contributed by atoms with Crippen molar-refractivity contribution in [3.63, 3.8) is 0 Å². The molecule has 0 saturated carbocycles. The van der Waals surface area contributed by atoms with E-state index in [0.717, 1.165) is 10.2 Å². The molecule has 3 heterocycles. The summed E-state index contributed by atoms with van der Waals surface area (Å²) in [6.07, 6.45) is 1.68. The Kier molecular flexibility index (Phi) is 5.89. The predicted molar refractivity (Wildman–Crippen MR) is 116 cm³/mol. The highest BCUT2D eigenvalue weighted by atomic mass is 32.1. The maximum absolute atomic E-state index is 13.5. The normalized spacial score (nSPS) is 10.7. The standard InChI is InChI=1S/C21H19N5O4S/c1-28-14-7-8-17-15(10-14)24-21(31-17)26(12-13-6-4-5-9-22-13)19(27)16-11-18(29-2)25-20(23-16)30-3/h4-11H,12H2,1-3H3. The molecule has 4 rings (SSSR count). The Morgan fingerprint density at radius 1 is 1.00 bits per heavy atom. The molecule has 0 spiro atoms. The first-order valence-electron chi connectivity index (χ1n) is 9.24. The van der Waals surface area contributed by atoms with Gasteiger partial charge in [-0.05, 0) is 24.3 Å². The van der Waals surface area contributed by atoms with Gasteiger partial charge in [-0.2, -0.15) is 9.97 Å². The Morgan fingerprint density at radius 2 is 1.87 bits per heavy atom. The quantitative estimate of drug-likeness (QED) is 0.434. The highest BCUT2D eigenvalue weighted by Gasteiger charge is 2.25. The van der Waals surface area contributed by atoms with Crippen molar-refractivity contribution in [3.8, 4) is 17.6 Å². The minimum absolute atomic E-state index is 0.0366. The number of aromatic nitrogens is 4. The third-order valence-electron chi connectivity index (χ3n) is 4.40. The molecule has 31 heavy (non-hydrogen) atoms. The SMILES string of the molecule is COc1ccc2sc(N(Cc3ccccn3)C(=O)c3cc(OC)nc(OC)n3)nc2c1. The maximum atomic E-state index is 13.5. The number of hydrogen-bond acceptors (Lipinski definition) is 9. The van der Waals surface area contributed by atoms with Gasteiger partial charge in [0.05, 0.1) is 43.8 Å². The number of benzene rings is 1. The summed E-state index contributed by atoms with van der Waals surface area (Å²) in [7, 11) is 4.49. The molecule has 1 amide bonds. The molecule has 0 aliphatic carbocycles. The Hall–Kier alpha value is -3.79. The molecular weight excluding hydrogens is 418 g/mol. The lowest BCUT2D eigenvalue weighted by Crippen LogP contribution is -2.31. The fraction of sp³-hybridized carbons (Fsp3) is 0.190. The van der Waals surface area contributed by atoms with Gasteiger partial charge in [-0.15, -0.1) is 0 Å². The summed E-state index contributed by atoms with van der Waals surface area (Å²) < 4.78 is 16.5.